The zero-order chi connectivity index (χ0) is 14.7. The third kappa shape index (κ3) is 3.15. The van der Waals surface area contributed by atoms with Crippen LogP contribution in [0.4, 0.5) is 0 Å². The second kappa shape index (κ2) is 6.72. The highest BCUT2D eigenvalue weighted by Crippen LogP contribution is 2.48. The van der Waals surface area contributed by atoms with Gasteiger partial charge in [-0.1, -0.05) is 25.1 Å². The molecule has 1 N–H and O–H groups in total. The Hall–Kier alpha value is -0.510. The summed E-state index contributed by atoms with van der Waals surface area (Å²) < 4.78 is 5.95. The van der Waals surface area contributed by atoms with E-state index in [1.165, 1.54) is 29.9 Å². The first-order chi connectivity index (χ1) is 10.2. The van der Waals surface area contributed by atoms with Crippen molar-refractivity contribution in [1.29, 1.82) is 0 Å². The van der Waals surface area contributed by atoms with E-state index in [4.69, 9.17) is 4.74 Å². The van der Waals surface area contributed by atoms with Gasteiger partial charge in [0, 0.05) is 29.2 Å². The van der Waals surface area contributed by atoms with Crippen LogP contribution in [0.15, 0.2) is 29.2 Å². The van der Waals surface area contributed by atoms with Crippen LogP contribution in [0.2, 0.25) is 0 Å². The Labute approximate surface area is 133 Å². The second-order valence-corrected chi connectivity index (χ2v) is 7.61. The van der Waals surface area contributed by atoms with Gasteiger partial charge in [-0.15, -0.1) is 11.8 Å². The minimum Gasteiger partial charge on any atom is -0.378 e. The lowest BCUT2D eigenvalue weighted by Gasteiger charge is -2.35. The fourth-order valence-corrected chi connectivity index (χ4v) is 5.05. The molecule has 3 rings (SSSR count). The summed E-state index contributed by atoms with van der Waals surface area (Å²) in [5, 5.41) is 3.66. The van der Waals surface area contributed by atoms with Gasteiger partial charge in [0.1, 0.15) is 0 Å². The lowest BCUT2D eigenvalue weighted by atomic mass is 9.73. The van der Waals surface area contributed by atoms with Crippen LogP contribution in [0.1, 0.15) is 44.6 Å². The zero-order valence-electron chi connectivity index (χ0n) is 13.2. The van der Waals surface area contributed by atoms with E-state index in [0.29, 0.717) is 17.4 Å². The Bertz CT molecular complexity index is 478. The highest BCUT2D eigenvalue weighted by molar-refractivity contribution is 7.99. The number of hydrogen-bond acceptors (Lipinski definition) is 3. The normalized spacial score (nSPS) is 31.5. The van der Waals surface area contributed by atoms with Crippen molar-refractivity contribution in [3.8, 4) is 0 Å². The van der Waals surface area contributed by atoms with Crippen LogP contribution < -0.4 is 5.32 Å². The number of fused-ring (bicyclic) bond motifs is 1. The van der Waals surface area contributed by atoms with Crippen molar-refractivity contribution in [2.45, 2.75) is 50.0 Å². The van der Waals surface area contributed by atoms with Gasteiger partial charge in [-0.25, -0.2) is 0 Å². The van der Waals surface area contributed by atoms with Crippen LogP contribution in [0.5, 0.6) is 0 Å². The summed E-state index contributed by atoms with van der Waals surface area (Å²) in [4.78, 5) is 1.49. The lowest BCUT2D eigenvalue weighted by molar-refractivity contribution is 0.0557. The topological polar surface area (TPSA) is 21.3 Å². The maximum atomic E-state index is 5.95. The van der Waals surface area contributed by atoms with Gasteiger partial charge in [0.25, 0.3) is 0 Å². The molecule has 0 radical (unpaired) electrons. The molecule has 0 spiro atoms. The van der Waals surface area contributed by atoms with Gasteiger partial charge in [0.15, 0.2) is 0 Å². The number of benzene rings is 1. The van der Waals surface area contributed by atoms with Crippen molar-refractivity contribution in [2.75, 3.05) is 25.4 Å². The molecule has 0 bridgehead atoms. The van der Waals surface area contributed by atoms with E-state index in [-0.39, 0.29) is 0 Å². The maximum Gasteiger partial charge on any atom is 0.0616 e. The average Bonchev–Trinajstić information content (AvgIpc) is 3.06. The Morgan fingerprint density at radius 2 is 2.24 bits per heavy atom. The van der Waals surface area contributed by atoms with Crippen molar-refractivity contribution in [1.82, 2.24) is 5.32 Å². The second-order valence-electron chi connectivity index (χ2n) is 6.55. The minimum atomic E-state index is 0.317. The van der Waals surface area contributed by atoms with E-state index < -0.39 is 0 Å². The summed E-state index contributed by atoms with van der Waals surface area (Å²) in [6, 6.07) is 8.95. The Morgan fingerprint density at radius 3 is 3.00 bits per heavy atom. The van der Waals surface area contributed by atoms with Crippen molar-refractivity contribution in [2.24, 2.45) is 5.41 Å². The maximum absolute atomic E-state index is 5.95. The van der Waals surface area contributed by atoms with Crippen molar-refractivity contribution < 1.29 is 4.74 Å². The molecular weight excluding hydrogens is 278 g/mol. The number of hydrogen-bond donors (Lipinski definition) is 1. The molecule has 1 aromatic rings. The molecule has 1 aromatic carbocycles. The number of ether oxygens (including phenoxy) is 1. The highest BCUT2D eigenvalue weighted by atomic mass is 32.2. The zero-order valence-corrected chi connectivity index (χ0v) is 14.0. The molecule has 0 amide bonds. The molecule has 1 fully saturated rings. The third-order valence-corrected chi connectivity index (χ3v) is 6.44. The summed E-state index contributed by atoms with van der Waals surface area (Å²) in [6.45, 7) is 7.65. The van der Waals surface area contributed by atoms with Crippen LogP contribution in [-0.4, -0.2) is 31.6 Å². The van der Waals surface area contributed by atoms with E-state index in [9.17, 15) is 0 Å². The van der Waals surface area contributed by atoms with Gasteiger partial charge in [-0.2, -0.15) is 0 Å². The number of thioether (sulfide) groups is 1. The Kier molecular flexibility index (Phi) is 4.92. The highest BCUT2D eigenvalue weighted by Gasteiger charge is 2.43. The molecule has 2 heterocycles. The van der Waals surface area contributed by atoms with Crippen LogP contribution in [0, 0.1) is 5.41 Å². The van der Waals surface area contributed by atoms with Crippen LogP contribution in [0.3, 0.4) is 0 Å². The fraction of sp³-hybridized carbons (Fsp3) is 0.667. The lowest BCUT2D eigenvalue weighted by Crippen LogP contribution is -2.41. The summed E-state index contributed by atoms with van der Waals surface area (Å²) in [5.74, 6) is 1.93. The molecule has 0 aliphatic carbocycles. The molecule has 0 aromatic heterocycles. The van der Waals surface area contributed by atoms with Crippen LogP contribution in [0.25, 0.3) is 0 Å². The standard InChI is InChI=1S/C18H27NOS/c1-3-9-19-13-18(8-10-20-14(18)2)11-15-12-21-17-7-5-4-6-16(15)17/h4-7,14-15,19H,3,8-13H2,1-2H3. The van der Waals surface area contributed by atoms with Gasteiger partial charge >= 0.3 is 0 Å². The van der Waals surface area contributed by atoms with E-state index in [1.807, 2.05) is 11.8 Å². The monoisotopic (exact) mass is 305 g/mol. The first-order valence-corrected chi connectivity index (χ1v) is 9.28. The Balaban J connectivity index is 1.73. The molecule has 21 heavy (non-hydrogen) atoms. The summed E-state index contributed by atoms with van der Waals surface area (Å²) >= 11 is 2.03. The molecule has 2 nitrogen and oxygen atoms in total. The average molecular weight is 305 g/mol. The molecular formula is C18H27NOS. The summed E-state index contributed by atoms with van der Waals surface area (Å²) in [6.07, 6.45) is 4.04. The van der Waals surface area contributed by atoms with Crippen molar-refractivity contribution in [3.63, 3.8) is 0 Å². The predicted octanol–water partition coefficient (Wildman–Crippen LogP) is 4.06. The van der Waals surface area contributed by atoms with Gasteiger partial charge in [0.05, 0.1) is 6.10 Å². The molecule has 1 saturated heterocycles. The van der Waals surface area contributed by atoms with E-state index in [1.54, 1.807) is 5.56 Å². The summed E-state index contributed by atoms with van der Waals surface area (Å²) in [7, 11) is 0. The van der Waals surface area contributed by atoms with Crippen LogP contribution in [-0.2, 0) is 4.74 Å². The van der Waals surface area contributed by atoms with Crippen molar-refractivity contribution >= 4 is 11.8 Å². The largest absolute Gasteiger partial charge is 0.378 e. The van der Waals surface area contributed by atoms with Gasteiger partial charge in [0.2, 0.25) is 0 Å². The molecule has 3 unspecified atom stereocenters. The number of rotatable bonds is 6. The fourth-order valence-electron chi connectivity index (χ4n) is 3.79. The van der Waals surface area contributed by atoms with E-state index in [0.717, 1.165) is 19.7 Å². The van der Waals surface area contributed by atoms with Gasteiger partial charge < -0.3 is 10.1 Å². The SMILES string of the molecule is CCCNCC1(CC2CSc3ccccc32)CCOC1C. The first kappa shape index (κ1) is 15.4. The quantitative estimate of drug-likeness (QED) is 0.801. The minimum absolute atomic E-state index is 0.317. The molecule has 0 saturated carbocycles. The smallest absolute Gasteiger partial charge is 0.0616 e. The predicted molar refractivity (Wildman–Crippen MR) is 90.1 cm³/mol. The molecule has 2 aliphatic rings. The van der Waals surface area contributed by atoms with Gasteiger partial charge in [-0.3, -0.25) is 0 Å². The molecule has 116 valence electrons. The third-order valence-electron chi connectivity index (χ3n) is 5.19. The summed E-state index contributed by atoms with van der Waals surface area (Å²) in [5.41, 5.74) is 1.88. The van der Waals surface area contributed by atoms with Crippen molar-refractivity contribution in [3.05, 3.63) is 29.8 Å². The first-order valence-electron chi connectivity index (χ1n) is 8.29. The number of nitrogens with one attached hydrogen (secondary N) is 1. The van der Waals surface area contributed by atoms with Crippen LogP contribution >= 0.6 is 11.8 Å². The van der Waals surface area contributed by atoms with E-state index in [2.05, 4.69) is 43.4 Å². The molecule has 3 atom stereocenters. The van der Waals surface area contributed by atoms with Gasteiger partial charge in [-0.05, 0) is 50.3 Å². The molecule has 2 aliphatic heterocycles. The Morgan fingerprint density at radius 1 is 1.38 bits per heavy atom. The molecule has 3 heteroatoms. The van der Waals surface area contributed by atoms with E-state index >= 15 is 0 Å².